The first-order valence-corrected chi connectivity index (χ1v) is 11.7. The van der Waals surface area contributed by atoms with Crippen molar-refractivity contribution in [2.45, 2.75) is 37.7 Å². The van der Waals surface area contributed by atoms with Crippen LogP contribution < -0.4 is 11.1 Å². The minimum absolute atomic E-state index is 0.00471. The second-order valence-electron chi connectivity index (χ2n) is 9.03. The molecule has 3 aromatic carbocycles. The first-order chi connectivity index (χ1) is 18.1. The summed E-state index contributed by atoms with van der Waals surface area (Å²) in [6.45, 7) is -0.409. The van der Waals surface area contributed by atoms with E-state index >= 15 is 0 Å². The van der Waals surface area contributed by atoms with Gasteiger partial charge in [0.2, 0.25) is 11.8 Å². The van der Waals surface area contributed by atoms with Gasteiger partial charge in [-0.15, -0.1) is 0 Å². The normalized spacial score (nSPS) is 12.7. The molecule has 0 aliphatic rings. The summed E-state index contributed by atoms with van der Waals surface area (Å²) in [7, 11) is 1.25. The Hall–Kier alpha value is -4.09. The third-order valence-electron chi connectivity index (χ3n) is 6.15. The smallest absolute Gasteiger partial charge is 0.368 e. The number of hydrogen-bond donors (Lipinski definition) is 2. The molecular formula is C27H25F6N3O3. The van der Waals surface area contributed by atoms with Crippen molar-refractivity contribution in [2.75, 3.05) is 13.6 Å². The zero-order valence-electron chi connectivity index (χ0n) is 20.7. The highest BCUT2D eigenvalue weighted by Crippen LogP contribution is 2.36. The Bertz CT molecular complexity index is 1340. The number of alkyl halides is 6. The van der Waals surface area contributed by atoms with E-state index < -0.39 is 59.4 Å². The molecule has 0 bridgehead atoms. The van der Waals surface area contributed by atoms with E-state index in [2.05, 4.69) is 5.32 Å². The van der Waals surface area contributed by atoms with Crippen LogP contribution in [0.15, 0.2) is 60.7 Å². The SMILES string of the molecule is CN(C(=O)c1cc(C(F)(F)F)cc(C(F)(F)F)c1)C(CCC(=O)NCC(N)=O)Cc1ccc2ccccc2c1. The number of carbonyl (C=O) groups is 3. The van der Waals surface area contributed by atoms with Crippen LogP contribution in [0.25, 0.3) is 10.8 Å². The highest BCUT2D eigenvalue weighted by Gasteiger charge is 2.38. The Labute approximate surface area is 219 Å². The van der Waals surface area contributed by atoms with Gasteiger partial charge in [0.25, 0.3) is 5.91 Å². The van der Waals surface area contributed by atoms with E-state index in [-0.39, 0.29) is 25.3 Å². The second kappa shape index (κ2) is 11.7. The zero-order valence-corrected chi connectivity index (χ0v) is 20.7. The van der Waals surface area contributed by atoms with E-state index in [1.807, 2.05) is 36.4 Å². The number of likely N-dealkylation sites (N-methyl/N-ethyl adjacent to an activating group) is 1. The van der Waals surface area contributed by atoms with Crippen molar-refractivity contribution in [3.8, 4) is 0 Å². The van der Waals surface area contributed by atoms with Gasteiger partial charge in [0, 0.05) is 25.1 Å². The van der Waals surface area contributed by atoms with Gasteiger partial charge >= 0.3 is 12.4 Å². The second-order valence-corrected chi connectivity index (χ2v) is 9.03. The van der Waals surface area contributed by atoms with Crippen LogP contribution in [0.5, 0.6) is 0 Å². The monoisotopic (exact) mass is 553 g/mol. The Kier molecular flexibility index (Phi) is 8.88. The third kappa shape index (κ3) is 7.95. The number of nitrogens with one attached hydrogen (secondary N) is 1. The Morgan fingerprint density at radius 1 is 0.872 bits per heavy atom. The third-order valence-corrected chi connectivity index (χ3v) is 6.15. The summed E-state index contributed by atoms with van der Waals surface area (Å²) < 4.78 is 80.1. The Morgan fingerprint density at radius 2 is 1.46 bits per heavy atom. The standard InChI is InChI=1S/C27H25F6N3O3/c1-36(25(39)19-12-20(26(28,29)30)14-21(13-19)27(31,32)33)22(8-9-24(38)35-15-23(34)37)11-16-6-7-17-4-2-3-5-18(17)10-16/h2-7,10,12-14,22H,8-9,11,15H2,1H3,(H2,34,37)(H,35,38). The molecule has 0 spiro atoms. The number of amides is 3. The summed E-state index contributed by atoms with van der Waals surface area (Å²) in [6.07, 6.45) is -10.2. The predicted molar refractivity (Wildman–Crippen MR) is 131 cm³/mol. The lowest BCUT2D eigenvalue weighted by Crippen LogP contribution is -2.40. The molecule has 3 N–H and O–H groups in total. The summed E-state index contributed by atoms with van der Waals surface area (Å²) in [4.78, 5) is 37.4. The number of fused-ring (bicyclic) bond motifs is 1. The van der Waals surface area contributed by atoms with Crippen molar-refractivity contribution in [1.82, 2.24) is 10.2 Å². The molecule has 0 radical (unpaired) electrons. The van der Waals surface area contributed by atoms with E-state index in [4.69, 9.17) is 5.73 Å². The maximum absolute atomic E-state index is 13.3. The number of primary amides is 1. The van der Waals surface area contributed by atoms with Crippen molar-refractivity contribution >= 4 is 28.5 Å². The van der Waals surface area contributed by atoms with Crippen LogP contribution in [0, 0.1) is 0 Å². The highest BCUT2D eigenvalue weighted by atomic mass is 19.4. The van der Waals surface area contributed by atoms with Crippen molar-refractivity contribution in [2.24, 2.45) is 5.73 Å². The summed E-state index contributed by atoms with van der Waals surface area (Å²) in [5.41, 5.74) is 1.75. The van der Waals surface area contributed by atoms with Gasteiger partial charge in [0.1, 0.15) is 0 Å². The maximum Gasteiger partial charge on any atom is 0.416 e. The van der Waals surface area contributed by atoms with Gasteiger partial charge in [-0.05, 0) is 47.4 Å². The van der Waals surface area contributed by atoms with Crippen LogP contribution >= 0.6 is 0 Å². The van der Waals surface area contributed by atoms with Gasteiger partial charge in [0.15, 0.2) is 0 Å². The average molecular weight is 554 g/mol. The van der Waals surface area contributed by atoms with E-state index in [9.17, 15) is 40.7 Å². The van der Waals surface area contributed by atoms with Crippen LogP contribution in [0.1, 0.15) is 39.9 Å². The molecule has 1 atom stereocenters. The predicted octanol–water partition coefficient (Wildman–Crippen LogP) is 4.94. The summed E-state index contributed by atoms with van der Waals surface area (Å²) >= 11 is 0. The molecule has 3 rings (SSSR count). The summed E-state index contributed by atoms with van der Waals surface area (Å²) in [6, 6.07) is 12.8. The largest absolute Gasteiger partial charge is 0.416 e. The van der Waals surface area contributed by atoms with Gasteiger partial charge in [-0.1, -0.05) is 42.5 Å². The molecule has 3 aromatic rings. The fourth-order valence-corrected chi connectivity index (χ4v) is 4.09. The van der Waals surface area contributed by atoms with Crippen LogP contribution in [-0.4, -0.2) is 42.3 Å². The first kappa shape index (κ1) is 29.5. The molecule has 0 fully saturated rings. The fraction of sp³-hybridized carbons (Fsp3) is 0.296. The van der Waals surface area contributed by atoms with Crippen LogP contribution in [-0.2, 0) is 28.4 Å². The Balaban J connectivity index is 1.94. The molecular weight excluding hydrogens is 528 g/mol. The topological polar surface area (TPSA) is 92.5 Å². The van der Waals surface area contributed by atoms with Crippen molar-refractivity contribution in [3.05, 3.63) is 82.9 Å². The molecule has 0 aliphatic heterocycles. The number of benzene rings is 3. The number of rotatable bonds is 9. The summed E-state index contributed by atoms with van der Waals surface area (Å²) in [5.74, 6) is -2.40. The molecule has 6 nitrogen and oxygen atoms in total. The molecule has 0 aliphatic carbocycles. The molecule has 3 amide bonds. The number of carbonyl (C=O) groups excluding carboxylic acids is 3. The quantitative estimate of drug-likeness (QED) is 0.368. The van der Waals surface area contributed by atoms with Gasteiger partial charge in [0.05, 0.1) is 17.7 Å². The lowest BCUT2D eigenvalue weighted by atomic mass is 9.97. The van der Waals surface area contributed by atoms with Crippen LogP contribution in [0.2, 0.25) is 0 Å². The molecule has 1 unspecified atom stereocenters. The van der Waals surface area contributed by atoms with E-state index in [1.54, 1.807) is 6.07 Å². The number of hydrogen-bond acceptors (Lipinski definition) is 3. The molecule has 208 valence electrons. The van der Waals surface area contributed by atoms with Crippen LogP contribution in [0.3, 0.4) is 0 Å². The van der Waals surface area contributed by atoms with Gasteiger partial charge in [-0.2, -0.15) is 26.3 Å². The molecule has 0 saturated heterocycles. The lowest BCUT2D eigenvalue weighted by molar-refractivity contribution is -0.143. The zero-order chi connectivity index (χ0) is 29.0. The van der Waals surface area contributed by atoms with E-state index in [1.165, 1.54) is 7.05 Å². The first-order valence-electron chi connectivity index (χ1n) is 11.7. The molecule has 0 heterocycles. The van der Waals surface area contributed by atoms with E-state index in [0.717, 1.165) is 21.2 Å². The minimum Gasteiger partial charge on any atom is -0.368 e. The van der Waals surface area contributed by atoms with Crippen molar-refractivity contribution < 1.29 is 40.7 Å². The molecule has 0 aromatic heterocycles. The fourth-order valence-electron chi connectivity index (χ4n) is 4.09. The molecule has 12 heteroatoms. The lowest BCUT2D eigenvalue weighted by Gasteiger charge is -2.29. The van der Waals surface area contributed by atoms with Gasteiger partial charge in [-0.25, -0.2) is 0 Å². The molecule has 39 heavy (non-hydrogen) atoms. The Morgan fingerprint density at radius 3 is 2.03 bits per heavy atom. The van der Waals surface area contributed by atoms with Crippen molar-refractivity contribution in [3.63, 3.8) is 0 Å². The molecule has 0 saturated carbocycles. The average Bonchev–Trinajstić information content (AvgIpc) is 2.87. The van der Waals surface area contributed by atoms with Gasteiger partial charge in [-0.3, -0.25) is 14.4 Å². The highest BCUT2D eigenvalue weighted by molar-refractivity contribution is 5.95. The van der Waals surface area contributed by atoms with E-state index in [0.29, 0.717) is 12.1 Å². The van der Waals surface area contributed by atoms with Gasteiger partial charge < -0.3 is 16.0 Å². The van der Waals surface area contributed by atoms with Crippen LogP contribution in [0.4, 0.5) is 26.3 Å². The number of nitrogens with two attached hydrogens (primary N) is 1. The maximum atomic E-state index is 13.3. The summed E-state index contributed by atoms with van der Waals surface area (Å²) in [5, 5.41) is 4.13. The van der Waals surface area contributed by atoms with Crippen molar-refractivity contribution in [1.29, 1.82) is 0 Å². The number of halogens is 6. The number of nitrogens with zero attached hydrogens (tertiary/aromatic N) is 1. The minimum atomic E-state index is -5.11.